The van der Waals surface area contributed by atoms with Crippen molar-refractivity contribution in [1.82, 2.24) is 20.2 Å². The second-order valence-corrected chi connectivity index (χ2v) is 5.40. The second kappa shape index (κ2) is 4.21. The molecule has 0 fully saturated rings. The van der Waals surface area contributed by atoms with E-state index in [4.69, 9.17) is 0 Å². The smallest absolute Gasteiger partial charge is 0.220 e. The van der Waals surface area contributed by atoms with Crippen molar-refractivity contribution in [2.75, 3.05) is 5.75 Å². The molecule has 2 aromatic rings. The zero-order valence-electron chi connectivity index (χ0n) is 8.91. The number of benzene rings is 1. The summed E-state index contributed by atoms with van der Waals surface area (Å²) in [6, 6.07) is 5.68. The molecule has 0 saturated carbocycles. The van der Waals surface area contributed by atoms with Gasteiger partial charge in [0, 0.05) is 0 Å². The molecule has 0 N–H and O–H groups in total. The molecule has 0 aliphatic rings. The summed E-state index contributed by atoms with van der Waals surface area (Å²) in [7, 11) is -3.59. The largest absolute Gasteiger partial charge is 0.272 e. The van der Waals surface area contributed by atoms with Crippen LogP contribution in [0.1, 0.15) is 6.92 Å². The minimum absolute atomic E-state index is 0.00419. The molecule has 90 valence electrons. The van der Waals surface area contributed by atoms with Gasteiger partial charge in [-0.2, -0.15) is 4.68 Å². The maximum absolute atomic E-state index is 13.5. The van der Waals surface area contributed by atoms with Crippen LogP contribution < -0.4 is 0 Å². The SMILES string of the molecule is CCS(=O)(=O)c1nnnn1-c1ccccc1F. The van der Waals surface area contributed by atoms with E-state index in [1.54, 1.807) is 6.07 Å². The Morgan fingerprint density at radius 1 is 1.35 bits per heavy atom. The summed E-state index contributed by atoms with van der Waals surface area (Å²) in [4.78, 5) is 0. The molecule has 0 unspecified atom stereocenters. The highest BCUT2D eigenvalue weighted by atomic mass is 32.2. The van der Waals surface area contributed by atoms with Crippen molar-refractivity contribution in [3.8, 4) is 5.69 Å². The van der Waals surface area contributed by atoms with Crippen LogP contribution in [0.25, 0.3) is 5.69 Å². The van der Waals surface area contributed by atoms with Crippen molar-refractivity contribution in [1.29, 1.82) is 0 Å². The highest BCUT2D eigenvalue weighted by Crippen LogP contribution is 2.15. The van der Waals surface area contributed by atoms with E-state index >= 15 is 0 Å². The lowest BCUT2D eigenvalue weighted by Gasteiger charge is -2.04. The molecule has 8 heteroatoms. The molecule has 17 heavy (non-hydrogen) atoms. The van der Waals surface area contributed by atoms with E-state index in [1.165, 1.54) is 25.1 Å². The summed E-state index contributed by atoms with van der Waals surface area (Å²) >= 11 is 0. The van der Waals surface area contributed by atoms with E-state index in [9.17, 15) is 12.8 Å². The first-order valence-electron chi connectivity index (χ1n) is 4.82. The summed E-state index contributed by atoms with van der Waals surface area (Å²) in [6.45, 7) is 1.47. The summed E-state index contributed by atoms with van der Waals surface area (Å²) in [5, 5.41) is 9.84. The third-order valence-electron chi connectivity index (χ3n) is 2.18. The fourth-order valence-electron chi connectivity index (χ4n) is 1.28. The number of aromatic nitrogens is 4. The van der Waals surface area contributed by atoms with E-state index in [2.05, 4.69) is 15.5 Å². The van der Waals surface area contributed by atoms with Crippen molar-refractivity contribution in [2.45, 2.75) is 12.1 Å². The van der Waals surface area contributed by atoms with Crippen molar-refractivity contribution >= 4 is 9.84 Å². The van der Waals surface area contributed by atoms with Crippen LogP contribution in [0.5, 0.6) is 0 Å². The van der Waals surface area contributed by atoms with Crippen molar-refractivity contribution in [2.24, 2.45) is 0 Å². The van der Waals surface area contributed by atoms with Gasteiger partial charge < -0.3 is 0 Å². The molecule has 1 heterocycles. The zero-order valence-corrected chi connectivity index (χ0v) is 9.72. The van der Waals surface area contributed by atoms with E-state index in [0.717, 1.165) is 4.68 Å². The molecule has 0 spiro atoms. The quantitative estimate of drug-likeness (QED) is 0.803. The molecule has 6 nitrogen and oxygen atoms in total. The van der Waals surface area contributed by atoms with E-state index in [1.807, 2.05) is 0 Å². The standard InChI is InChI=1S/C9H9FN4O2S/c1-2-17(15,16)9-11-12-13-14(9)8-6-4-3-5-7(8)10/h3-6H,2H2,1H3. The number of hydrogen-bond donors (Lipinski definition) is 0. The van der Waals surface area contributed by atoms with Crippen molar-refractivity contribution < 1.29 is 12.8 Å². The number of hydrogen-bond acceptors (Lipinski definition) is 5. The van der Waals surface area contributed by atoms with Gasteiger partial charge in [0.15, 0.2) is 0 Å². The monoisotopic (exact) mass is 256 g/mol. The summed E-state index contributed by atoms with van der Waals surface area (Å²) < 4.78 is 37.8. The molecular weight excluding hydrogens is 247 g/mol. The first kappa shape index (κ1) is 11.6. The predicted octanol–water partition coefficient (Wildman–Crippen LogP) is 0.595. The molecule has 0 aliphatic carbocycles. The summed E-state index contributed by atoms with van der Waals surface area (Å²) in [5.41, 5.74) is 0.00419. The normalized spacial score (nSPS) is 11.6. The lowest BCUT2D eigenvalue weighted by Crippen LogP contribution is -2.13. The average Bonchev–Trinajstić information content (AvgIpc) is 2.79. The first-order chi connectivity index (χ1) is 8.06. The number of halogens is 1. The van der Waals surface area contributed by atoms with Crippen LogP contribution in [0.2, 0.25) is 0 Å². The maximum atomic E-state index is 13.5. The Morgan fingerprint density at radius 2 is 2.06 bits per heavy atom. The topological polar surface area (TPSA) is 77.7 Å². The molecule has 1 aromatic heterocycles. The van der Waals surface area contributed by atoms with E-state index in [-0.39, 0.29) is 16.6 Å². The van der Waals surface area contributed by atoms with E-state index < -0.39 is 15.7 Å². The molecule has 0 aliphatic heterocycles. The molecular formula is C9H9FN4O2S. The first-order valence-corrected chi connectivity index (χ1v) is 6.47. The molecule has 1 aromatic carbocycles. The van der Waals surface area contributed by atoms with Gasteiger partial charge >= 0.3 is 0 Å². The van der Waals surface area contributed by atoms with Crippen molar-refractivity contribution in [3.05, 3.63) is 30.1 Å². The molecule has 0 bridgehead atoms. The van der Waals surface area contributed by atoms with Gasteiger partial charge in [-0.05, 0) is 22.6 Å². The average molecular weight is 256 g/mol. The Bertz CT molecular complexity index is 638. The number of para-hydroxylation sites is 1. The van der Waals surface area contributed by atoms with Gasteiger partial charge in [0.25, 0.3) is 5.16 Å². The van der Waals surface area contributed by atoms with Crippen molar-refractivity contribution in [3.63, 3.8) is 0 Å². The Balaban J connectivity index is 2.64. The number of tetrazole rings is 1. The minimum atomic E-state index is -3.59. The molecule has 0 saturated heterocycles. The lowest BCUT2D eigenvalue weighted by molar-refractivity contribution is 0.571. The predicted molar refractivity (Wildman–Crippen MR) is 56.8 cm³/mol. The summed E-state index contributed by atoms with van der Waals surface area (Å²) in [5.74, 6) is -0.741. The second-order valence-electron chi connectivity index (χ2n) is 3.23. The third kappa shape index (κ3) is 2.03. The summed E-state index contributed by atoms with van der Waals surface area (Å²) in [6.07, 6.45) is 0. The molecule has 2 rings (SSSR count). The molecule has 0 amide bonds. The van der Waals surface area contributed by atoms with Crippen LogP contribution in [0.3, 0.4) is 0 Å². The Hall–Kier alpha value is -1.83. The van der Waals surface area contributed by atoms with Gasteiger partial charge in [-0.1, -0.05) is 24.2 Å². The number of sulfone groups is 1. The third-order valence-corrected chi connectivity index (χ3v) is 3.75. The number of nitrogens with zero attached hydrogens (tertiary/aromatic N) is 4. The Kier molecular flexibility index (Phi) is 2.88. The van der Waals surface area contributed by atoms with Gasteiger partial charge in [-0.15, -0.1) is 0 Å². The highest BCUT2D eigenvalue weighted by Gasteiger charge is 2.22. The molecule has 0 atom stereocenters. The Labute approximate surface area is 97.0 Å². The molecule has 0 radical (unpaired) electrons. The number of rotatable bonds is 3. The fourth-order valence-corrected chi connectivity index (χ4v) is 2.09. The van der Waals surface area contributed by atoms with Gasteiger partial charge in [0.05, 0.1) is 5.75 Å². The van der Waals surface area contributed by atoms with Gasteiger partial charge in [0.1, 0.15) is 11.5 Å². The van der Waals surface area contributed by atoms with Crippen LogP contribution in [0, 0.1) is 5.82 Å². The van der Waals surface area contributed by atoms with Gasteiger partial charge in [0.2, 0.25) is 9.84 Å². The highest BCUT2D eigenvalue weighted by molar-refractivity contribution is 7.91. The maximum Gasteiger partial charge on any atom is 0.272 e. The lowest BCUT2D eigenvalue weighted by atomic mass is 10.3. The van der Waals surface area contributed by atoms with Crippen LogP contribution in [-0.2, 0) is 9.84 Å². The Morgan fingerprint density at radius 3 is 2.71 bits per heavy atom. The fraction of sp³-hybridized carbons (Fsp3) is 0.222. The van der Waals surface area contributed by atoms with Crippen LogP contribution in [-0.4, -0.2) is 34.4 Å². The van der Waals surface area contributed by atoms with Gasteiger partial charge in [-0.3, -0.25) is 0 Å². The zero-order chi connectivity index (χ0) is 12.5. The van der Waals surface area contributed by atoms with Crippen LogP contribution >= 0.6 is 0 Å². The minimum Gasteiger partial charge on any atom is -0.220 e. The van der Waals surface area contributed by atoms with Crippen LogP contribution in [0.4, 0.5) is 4.39 Å². The van der Waals surface area contributed by atoms with Gasteiger partial charge in [-0.25, -0.2) is 12.8 Å². The van der Waals surface area contributed by atoms with Crippen LogP contribution in [0.15, 0.2) is 29.4 Å². The van der Waals surface area contributed by atoms with E-state index in [0.29, 0.717) is 0 Å².